The smallest absolute Gasteiger partial charge is 0.189 e. The number of aliphatic imine (C=N–C) groups is 1. The summed E-state index contributed by atoms with van der Waals surface area (Å²) in [5.74, 6) is 2.64. The summed E-state index contributed by atoms with van der Waals surface area (Å²) in [7, 11) is 3.22. The van der Waals surface area contributed by atoms with Crippen LogP contribution in [0.25, 0.3) is 0 Å². The molecule has 1 unspecified atom stereocenters. The van der Waals surface area contributed by atoms with Crippen LogP contribution in [0.5, 0.6) is 17.2 Å². The molecule has 0 spiro atoms. The Kier molecular flexibility index (Phi) is 4.74. The third-order valence-corrected chi connectivity index (χ3v) is 3.90. The fourth-order valence-electron chi connectivity index (χ4n) is 2.66. The van der Waals surface area contributed by atoms with Crippen molar-refractivity contribution in [3.05, 3.63) is 53.6 Å². The van der Waals surface area contributed by atoms with E-state index in [-0.39, 0.29) is 6.04 Å². The van der Waals surface area contributed by atoms with E-state index in [0.717, 1.165) is 16.9 Å². The molecule has 6 heteroatoms. The molecular weight excluding hydrogens is 306 g/mol. The van der Waals surface area contributed by atoms with Gasteiger partial charge in [-0.3, -0.25) is 0 Å². The summed E-state index contributed by atoms with van der Waals surface area (Å²) >= 11 is 0. The summed E-state index contributed by atoms with van der Waals surface area (Å²) in [6.07, 6.45) is 0. The summed E-state index contributed by atoms with van der Waals surface area (Å²) < 4.78 is 16.1. The Hall–Kier alpha value is -2.89. The first-order valence-corrected chi connectivity index (χ1v) is 7.70. The zero-order valence-corrected chi connectivity index (χ0v) is 13.8. The first-order chi connectivity index (χ1) is 11.7. The van der Waals surface area contributed by atoms with E-state index in [1.54, 1.807) is 14.2 Å². The molecule has 1 atom stereocenters. The van der Waals surface area contributed by atoms with E-state index in [4.69, 9.17) is 19.9 Å². The van der Waals surface area contributed by atoms with Crippen LogP contribution in [0.3, 0.4) is 0 Å². The van der Waals surface area contributed by atoms with Crippen LogP contribution in [0.4, 0.5) is 0 Å². The number of rotatable bonds is 5. The summed E-state index contributed by atoms with van der Waals surface area (Å²) in [5, 5.41) is 3.20. The largest absolute Gasteiger partial charge is 0.493 e. The van der Waals surface area contributed by atoms with Gasteiger partial charge in [-0.2, -0.15) is 0 Å². The Morgan fingerprint density at radius 3 is 2.79 bits per heavy atom. The number of nitrogens with zero attached hydrogens (tertiary/aromatic N) is 1. The number of hydrogen-bond donors (Lipinski definition) is 2. The average molecular weight is 327 g/mol. The van der Waals surface area contributed by atoms with E-state index in [1.165, 1.54) is 0 Å². The van der Waals surface area contributed by atoms with E-state index in [2.05, 4.69) is 10.3 Å². The van der Waals surface area contributed by atoms with Crippen molar-refractivity contribution in [2.75, 3.05) is 20.8 Å². The maximum absolute atomic E-state index is 6.01. The van der Waals surface area contributed by atoms with Gasteiger partial charge in [0.05, 0.1) is 26.8 Å². The van der Waals surface area contributed by atoms with Crippen molar-refractivity contribution in [1.29, 1.82) is 0 Å². The van der Waals surface area contributed by atoms with Crippen LogP contribution in [-0.2, 0) is 6.54 Å². The Labute approximate surface area is 141 Å². The normalized spacial score (nSPS) is 16.2. The first-order valence-electron chi connectivity index (χ1n) is 7.70. The molecule has 0 bridgehead atoms. The minimum Gasteiger partial charge on any atom is -0.493 e. The molecule has 3 rings (SSSR count). The molecule has 2 aromatic rings. The standard InChI is InChI=1S/C18H21N3O3/c1-22-16-8-7-12(9-17(16)23-2)10-20-18(19)21-14-11-24-15-6-4-3-5-13(14)15/h3-9,14H,10-11H2,1-2H3,(H3,19,20,21). The topological polar surface area (TPSA) is 78.1 Å². The molecule has 6 nitrogen and oxygen atoms in total. The van der Waals surface area contributed by atoms with Gasteiger partial charge in [-0.25, -0.2) is 4.99 Å². The zero-order chi connectivity index (χ0) is 16.9. The van der Waals surface area contributed by atoms with Gasteiger partial charge in [0.15, 0.2) is 17.5 Å². The van der Waals surface area contributed by atoms with Gasteiger partial charge in [0.1, 0.15) is 12.4 Å². The number of ether oxygens (including phenoxy) is 3. The molecule has 0 saturated heterocycles. The summed E-state index contributed by atoms with van der Waals surface area (Å²) in [6.45, 7) is 1.00. The van der Waals surface area contributed by atoms with Crippen LogP contribution < -0.4 is 25.3 Å². The number of para-hydroxylation sites is 1. The zero-order valence-electron chi connectivity index (χ0n) is 13.8. The lowest BCUT2D eigenvalue weighted by Crippen LogP contribution is -2.35. The second-order valence-electron chi connectivity index (χ2n) is 5.44. The van der Waals surface area contributed by atoms with Crippen molar-refractivity contribution in [2.45, 2.75) is 12.6 Å². The molecule has 0 saturated carbocycles. The molecule has 0 aromatic heterocycles. The minimum atomic E-state index is 0.0235. The molecule has 0 radical (unpaired) electrons. The van der Waals surface area contributed by atoms with E-state index < -0.39 is 0 Å². The summed E-state index contributed by atoms with van der Waals surface area (Å²) in [6, 6.07) is 13.6. The van der Waals surface area contributed by atoms with Gasteiger partial charge < -0.3 is 25.3 Å². The Morgan fingerprint density at radius 1 is 1.21 bits per heavy atom. The maximum Gasteiger partial charge on any atom is 0.189 e. The van der Waals surface area contributed by atoms with Gasteiger partial charge in [-0.1, -0.05) is 24.3 Å². The van der Waals surface area contributed by atoms with Crippen LogP contribution in [0, 0.1) is 0 Å². The predicted octanol–water partition coefficient (Wildman–Crippen LogP) is 2.24. The molecule has 1 aliphatic heterocycles. The third-order valence-electron chi connectivity index (χ3n) is 3.90. The fourth-order valence-corrected chi connectivity index (χ4v) is 2.66. The lowest BCUT2D eigenvalue weighted by molar-refractivity contribution is 0.324. The number of guanidine groups is 1. The number of methoxy groups -OCH3 is 2. The molecule has 2 aromatic carbocycles. The highest BCUT2D eigenvalue weighted by molar-refractivity contribution is 5.78. The number of benzene rings is 2. The van der Waals surface area contributed by atoms with Gasteiger partial charge in [-0.05, 0) is 23.8 Å². The Morgan fingerprint density at radius 2 is 2.00 bits per heavy atom. The van der Waals surface area contributed by atoms with Crippen molar-refractivity contribution in [2.24, 2.45) is 10.7 Å². The highest BCUT2D eigenvalue weighted by Crippen LogP contribution is 2.31. The molecule has 1 heterocycles. The molecule has 24 heavy (non-hydrogen) atoms. The minimum absolute atomic E-state index is 0.0235. The van der Waals surface area contributed by atoms with Crippen LogP contribution in [0.1, 0.15) is 17.2 Å². The lowest BCUT2D eigenvalue weighted by Gasteiger charge is -2.12. The molecule has 0 amide bonds. The summed E-state index contributed by atoms with van der Waals surface area (Å²) in [4.78, 5) is 4.39. The first kappa shape index (κ1) is 16.0. The maximum atomic E-state index is 6.01. The van der Waals surface area contributed by atoms with Gasteiger partial charge >= 0.3 is 0 Å². The van der Waals surface area contributed by atoms with E-state index in [9.17, 15) is 0 Å². The summed E-state index contributed by atoms with van der Waals surface area (Å²) in [5.41, 5.74) is 8.10. The van der Waals surface area contributed by atoms with Crippen molar-refractivity contribution >= 4 is 5.96 Å². The van der Waals surface area contributed by atoms with Crippen molar-refractivity contribution in [1.82, 2.24) is 5.32 Å². The van der Waals surface area contributed by atoms with E-state index >= 15 is 0 Å². The number of nitrogens with two attached hydrogens (primary N) is 1. The van der Waals surface area contributed by atoms with E-state index in [1.807, 2.05) is 42.5 Å². The van der Waals surface area contributed by atoms with Crippen LogP contribution in [0.2, 0.25) is 0 Å². The second-order valence-corrected chi connectivity index (χ2v) is 5.44. The van der Waals surface area contributed by atoms with Gasteiger partial charge in [0.2, 0.25) is 0 Å². The van der Waals surface area contributed by atoms with Crippen molar-refractivity contribution in [3.8, 4) is 17.2 Å². The lowest BCUT2D eigenvalue weighted by atomic mass is 10.1. The van der Waals surface area contributed by atoms with Gasteiger partial charge in [0, 0.05) is 5.56 Å². The number of hydrogen-bond acceptors (Lipinski definition) is 4. The molecular formula is C18H21N3O3. The third kappa shape index (κ3) is 3.37. The average Bonchev–Trinajstić information content (AvgIpc) is 3.02. The molecule has 3 N–H and O–H groups in total. The predicted molar refractivity (Wildman–Crippen MR) is 92.7 cm³/mol. The van der Waals surface area contributed by atoms with Crippen LogP contribution in [-0.4, -0.2) is 26.8 Å². The fraction of sp³-hybridized carbons (Fsp3) is 0.278. The monoisotopic (exact) mass is 327 g/mol. The molecule has 0 fully saturated rings. The van der Waals surface area contributed by atoms with Crippen LogP contribution in [0.15, 0.2) is 47.5 Å². The highest BCUT2D eigenvalue weighted by atomic mass is 16.5. The van der Waals surface area contributed by atoms with Gasteiger partial charge in [0.25, 0.3) is 0 Å². The quantitative estimate of drug-likeness (QED) is 0.650. The van der Waals surface area contributed by atoms with Crippen LogP contribution >= 0.6 is 0 Å². The number of fused-ring (bicyclic) bond motifs is 1. The molecule has 126 valence electrons. The van der Waals surface area contributed by atoms with Crippen molar-refractivity contribution in [3.63, 3.8) is 0 Å². The SMILES string of the molecule is COc1ccc(CN=C(N)NC2COc3ccccc32)cc1OC. The molecule has 1 aliphatic rings. The van der Waals surface area contributed by atoms with E-state index in [0.29, 0.717) is 30.6 Å². The number of nitrogens with one attached hydrogen (secondary N) is 1. The Bertz CT molecular complexity index is 746. The van der Waals surface area contributed by atoms with Gasteiger partial charge in [-0.15, -0.1) is 0 Å². The molecule has 0 aliphatic carbocycles. The Balaban J connectivity index is 1.65. The highest BCUT2D eigenvalue weighted by Gasteiger charge is 2.23. The van der Waals surface area contributed by atoms with Crippen molar-refractivity contribution < 1.29 is 14.2 Å². The second kappa shape index (κ2) is 7.12.